The van der Waals surface area contributed by atoms with Crippen molar-refractivity contribution in [3.8, 4) is 0 Å². The summed E-state index contributed by atoms with van der Waals surface area (Å²) in [7, 11) is 4.45. The normalized spacial score (nSPS) is 26.5. The van der Waals surface area contributed by atoms with Crippen LogP contribution in [0.1, 0.15) is 69.4 Å². The number of aliphatic carboxylic acids is 1. The first-order valence-corrected chi connectivity index (χ1v) is 14.2. The molecular weight excluding hydrogens is 458 g/mol. The molecular formula is C32H45N3O2. The minimum atomic E-state index is -1.03. The summed E-state index contributed by atoms with van der Waals surface area (Å²) in [6.07, 6.45) is 11.3. The van der Waals surface area contributed by atoms with Gasteiger partial charge in [-0.25, -0.2) is 4.79 Å². The van der Waals surface area contributed by atoms with Crippen molar-refractivity contribution in [2.45, 2.75) is 88.9 Å². The van der Waals surface area contributed by atoms with Gasteiger partial charge in [0.25, 0.3) is 0 Å². The molecule has 0 saturated heterocycles. The molecule has 1 saturated carbocycles. The Kier molecular flexibility index (Phi) is 9.42. The summed E-state index contributed by atoms with van der Waals surface area (Å²) in [5.74, 6) is 0.484. The van der Waals surface area contributed by atoms with Gasteiger partial charge in [-0.15, -0.1) is 0 Å². The molecule has 0 aromatic heterocycles. The van der Waals surface area contributed by atoms with E-state index in [0.717, 1.165) is 19.3 Å². The van der Waals surface area contributed by atoms with E-state index in [1.165, 1.54) is 43.2 Å². The molecule has 37 heavy (non-hydrogen) atoms. The van der Waals surface area contributed by atoms with Gasteiger partial charge in [0.1, 0.15) is 0 Å². The molecule has 1 fully saturated rings. The second-order valence-corrected chi connectivity index (χ2v) is 11.5. The van der Waals surface area contributed by atoms with Crippen LogP contribution >= 0.6 is 0 Å². The van der Waals surface area contributed by atoms with E-state index in [2.05, 4.69) is 73.3 Å². The zero-order valence-electron chi connectivity index (χ0n) is 22.9. The lowest BCUT2D eigenvalue weighted by molar-refractivity contribution is -0.145. The van der Waals surface area contributed by atoms with Gasteiger partial charge in [-0.05, 0) is 75.6 Å². The topological polar surface area (TPSA) is 56.1 Å². The number of carboxylic acids is 1. The van der Waals surface area contributed by atoms with Gasteiger partial charge in [0.2, 0.25) is 0 Å². The molecule has 1 aliphatic carbocycles. The van der Waals surface area contributed by atoms with Crippen LogP contribution in [-0.4, -0.2) is 58.9 Å². The minimum absolute atomic E-state index is 0.0885. The highest BCUT2D eigenvalue weighted by Crippen LogP contribution is 2.41. The summed E-state index contributed by atoms with van der Waals surface area (Å²) < 4.78 is 0. The number of carboxylic acid groups (broad SMARTS) is 1. The first-order valence-electron chi connectivity index (χ1n) is 14.2. The molecule has 5 nitrogen and oxygen atoms in total. The molecule has 4 rings (SSSR count). The number of aryl methyl sites for hydroxylation is 1. The van der Waals surface area contributed by atoms with Crippen molar-refractivity contribution in [2.24, 2.45) is 16.8 Å². The van der Waals surface area contributed by atoms with Crippen LogP contribution in [0.2, 0.25) is 0 Å². The summed E-state index contributed by atoms with van der Waals surface area (Å²) >= 11 is 0. The van der Waals surface area contributed by atoms with E-state index >= 15 is 0 Å². The van der Waals surface area contributed by atoms with Gasteiger partial charge in [0.15, 0.2) is 5.54 Å². The van der Waals surface area contributed by atoms with Crippen molar-refractivity contribution in [2.75, 3.05) is 14.1 Å². The molecule has 200 valence electrons. The largest absolute Gasteiger partial charge is 0.479 e. The highest BCUT2D eigenvalue weighted by atomic mass is 16.4. The predicted molar refractivity (Wildman–Crippen MR) is 152 cm³/mol. The van der Waals surface area contributed by atoms with E-state index in [1.54, 1.807) is 0 Å². The number of nitrogens with zero attached hydrogens (tertiary/aromatic N) is 3. The number of hydrogen-bond acceptors (Lipinski definition) is 4. The highest BCUT2D eigenvalue weighted by Gasteiger charge is 2.51. The van der Waals surface area contributed by atoms with E-state index in [-0.39, 0.29) is 6.04 Å². The lowest BCUT2D eigenvalue weighted by atomic mass is 9.72. The zero-order chi connectivity index (χ0) is 26.3. The number of benzene rings is 2. The van der Waals surface area contributed by atoms with E-state index in [9.17, 15) is 9.90 Å². The summed E-state index contributed by atoms with van der Waals surface area (Å²) in [6.45, 7) is 2.78. The number of carbonyl (C=O) groups is 1. The Balaban J connectivity index is 1.41. The molecule has 0 radical (unpaired) electrons. The molecule has 0 bridgehead atoms. The van der Waals surface area contributed by atoms with Crippen molar-refractivity contribution in [3.05, 3.63) is 71.8 Å². The van der Waals surface area contributed by atoms with Gasteiger partial charge in [-0.2, -0.15) is 0 Å². The first-order chi connectivity index (χ1) is 17.9. The first kappa shape index (κ1) is 27.4. The average Bonchev–Trinajstić information content (AvgIpc) is 3.24. The quantitative estimate of drug-likeness (QED) is 0.370. The van der Waals surface area contributed by atoms with Crippen LogP contribution in [0.3, 0.4) is 0 Å². The van der Waals surface area contributed by atoms with E-state index < -0.39 is 11.5 Å². The minimum Gasteiger partial charge on any atom is -0.479 e. The molecule has 3 atom stereocenters. The maximum absolute atomic E-state index is 12.6. The van der Waals surface area contributed by atoms with Gasteiger partial charge >= 0.3 is 5.97 Å². The smallest absolute Gasteiger partial charge is 0.333 e. The van der Waals surface area contributed by atoms with Crippen LogP contribution in [0.4, 0.5) is 0 Å². The lowest BCUT2D eigenvalue weighted by Gasteiger charge is -2.41. The fourth-order valence-corrected chi connectivity index (χ4v) is 6.81. The Morgan fingerprint density at radius 2 is 1.65 bits per heavy atom. The highest BCUT2D eigenvalue weighted by molar-refractivity contribution is 5.85. The SMILES string of the molecule is CCCC1(C(=O)O)N=CN(Cc2ccccc2)C1CC1CCC(C(CCc2ccccc2)N(C)C)CC1. The molecule has 0 amide bonds. The van der Waals surface area contributed by atoms with Gasteiger partial charge in [-0.1, -0.05) is 86.8 Å². The van der Waals surface area contributed by atoms with Crippen LogP contribution in [0.15, 0.2) is 65.7 Å². The molecule has 0 spiro atoms. The van der Waals surface area contributed by atoms with Crippen molar-refractivity contribution in [3.63, 3.8) is 0 Å². The Labute approximate surface area is 223 Å². The van der Waals surface area contributed by atoms with Crippen LogP contribution in [0.5, 0.6) is 0 Å². The van der Waals surface area contributed by atoms with Crippen molar-refractivity contribution in [1.29, 1.82) is 0 Å². The summed E-state index contributed by atoms with van der Waals surface area (Å²) in [6, 6.07) is 21.7. The van der Waals surface area contributed by atoms with Crippen LogP contribution < -0.4 is 0 Å². The molecule has 1 heterocycles. The summed E-state index contributed by atoms with van der Waals surface area (Å²) in [5, 5.41) is 10.4. The molecule has 2 aromatic rings. The zero-order valence-corrected chi connectivity index (χ0v) is 22.9. The molecule has 2 aromatic carbocycles. The van der Waals surface area contributed by atoms with E-state index in [4.69, 9.17) is 4.99 Å². The van der Waals surface area contributed by atoms with Gasteiger partial charge in [0, 0.05) is 12.6 Å². The Bertz CT molecular complexity index is 1000. The van der Waals surface area contributed by atoms with Crippen LogP contribution in [0.25, 0.3) is 0 Å². The Hall–Kier alpha value is -2.66. The maximum atomic E-state index is 12.6. The average molecular weight is 504 g/mol. The second-order valence-electron chi connectivity index (χ2n) is 11.5. The van der Waals surface area contributed by atoms with Gasteiger partial charge < -0.3 is 14.9 Å². The summed E-state index contributed by atoms with van der Waals surface area (Å²) in [4.78, 5) is 22.0. The fraction of sp³-hybridized carbons (Fsp3) is 0.562. The second kappa shape index (κ2) is 12.7. The van der Waals surface area contributed by atoms with E-state index in [0.29, 0.717) is 30.8 Å². The molecule has 5 heteroatoms. The van der Waals surface area contributed by atoms with Gasteiger partial charge in [0.05, 0.1) is 12.4 Å². The lowest BCUT2D eigenvalue weighted by Crippen LogP contribution is -2.52. The standard InChI is InChI=1S/C32H45N3O2/c1-4-21-32(31(36)37)30(35(24-33-32)23-27-13-9-6-10-14-27)22-26-15-18-28(19-16-26)29(34(2)3)20-17-25-11-7-5-8-12-25/h5-14,24,26,28-30H,4,15-23H2,1-3H3,(H,36,37). The Morgan fingerprint density at radius 1 is 1.03 bits per heavy atom. The monoisotopic (exact) mass is 503 g/mol. The van der Waals surface area contributed by atoms with Gasteiger partial charge in [-0.3, -0.25) is 4.99 Å². The number of aliphatic imine (C=N–C) groups is 1. The van der Waals surface area contributed by atoms with Crippen LogP contribution in [0, 0.1) is 11.8 Å². The van der Waals surface area contributed by atoms with Crippen molar-refractivity contribution in [1.82, 2.24) is 9.80 Å². The third kappa shape index (κ3) is 6.62. The summed E-state index contributed by atoms with van der Waals surface area (Å²) in [5.41, 5.74) is 1.60. The maximum Gasteiger partial charge on any atom is 0.333 e. The fourth-order valence-electron chi connectivity index (χ4n) is 6.81. The third-order valence-electron chi connectivity index (χ3n) is 8.82. The van der Waals surface area contributed by atoms with Crippen molar-refractivity contribution < 1.29 is 9.90 Å². The third-order valence-corrected chi connectivity index (χ3v) is 8.82. The predicted octanol–water partition coefficient (Wildman–Crippen LogP) is 6.28. The number of hydrogen-bond donors (Lipinski definition) is 1. The molecule has 1 N–H and O–H groups in total. The molecule has 3 unspecified atom stereocenters. The molecule has 1 aliphatic heterocycles. The van der Waals surface area contributed by atoms with Crippen LogP contribution in [-0.2, 0) is 17.8 Å². The van der Waals surface area contributed by atoms with Crippen molar-refractivity contribution >= 4 is 12.3 Å². The van der Waals surface area contributed by atoms with E-state index in [1.807, 2.05) is 24.5 Å². The molecule has 2 aliphatic rings. The number of rotatable bonds is 12. The Morgan fingerprint density at radius 3 is 2.22 bits per heavy atom.